The van der Waals surface area contributed by atoms with Gasteiger partial charge < -0.3 is 5.32 Å². The standard InChI is InChI=1S/C16H11N9/c17-9-11(16-20-22-23-21-16)10-18-12-5-7-13(8-6-12)25-15-4-2-1-3-14(15)19-24-25/h1-8,10,18H,(H,20,21,22,23). The molecule has 9 heteroatoms. The molecule has 9 nitrogen and oxygen atoms in total. The molecule has 0 atom stereocenters. The van der Waals surface area contributed by atoms with Crippen molar-refractivity contribution < 1.29 is 0 Å². The molecule has 0 unspecified atom stereocenters. The molecule has 0 aliphatic rings. The molecule has 0 saturated heterocycles. The third kappa shape index (κ3) is 2.79. The van der Waals surface area contributed by atoms with Gasteiger partial charge >= 0.3 is 0 Å². The fourth-order valence-corrected chi connectivity index (χ4v) is 2.34. The summed E-state index contributed by atoms with van der Waals surface area (Å²) >= 11 is 0. The molecule has 0 radical (unpaired) electrons. The van der Waals surface area contributed by atoms with E-state index in [0.717, 1.165) is 22.4 Å². The Kier molecular flexibility index (Phi) is 3.61. The van der Waals surface area contributed by atoms with Gasteiger partial charge in [0.2, 0.25) is 5.82 Å². The average molecular weight is 329 g/mol. The minimum Gasteiger partial charge on any atom is -0.360 e. The van der Waals surface area contributed by atoms with Gasteiger partial charge in [-0.1, -0.05) is 17.3 Å². The van der Waals surface area contributed by atoms with Crippen LogP contribution in [0.2, 0.25) is 0 Å². The lowest BCUT2D eigenvalue weighted by Crippen LogP contribution is -1.97. The number of fused-ring (bicyclic) bond motifs is 1. The molecule has 0 saturated carbocycles. The third-order valence-corrected chi connectivity index (χ3v) is 3.55. The second-order valence-corrected chi connectivity index (χ2v) is 5.09. The highest BCUT2D eigenvalue weighted by atomic mass is 15.5. The van der Waals surface area contributed by atoms with Crippen LogP contribution in [0.5, 0.6) is 0 Å². The van der Waals surface area contributed by atoms with Crippen molar-refractivity contribution >= 4 is 22.3 Å². The first-order valence-corrected chi connectivity index (χ1v) is 7.36. The number of nitrogens with zero attached hydrogens (tertiary/aromatic N) is 7. The maximum absolute atomic E-state index is 9.15. The minimum absolute atomic E-state index is 0.237. The van der Waals surface area contributed by atoms with Gasteiger partial charge in [0.25, 0.3) is 0 Å². The Hall–Kier alpha value is -4.06. The first-order chi connectivity index (χ1) is 12.3. The van der Waals surface area contributed by atoms with Crippen molar-refractivity contribution in [3.8, 4) is 11.8 Å². The van der Waals surface area contributed by atoms with Gasteiger partial charge in [0.15, 0.2) is 0 Å². The highest BCUT2D eigenvalue weighted by Gasteiger charge is 2.07. The molecular formula is C16H11N9. The Morgan fingerprint density at radius 3 is 2.72 bits per heavy atom. The maximum atomic E-state index is 9.15. The van der Waals surface area contributed by atoms with Crippen molar-refractivity contribution in [3.63, 3.8) is 0 Å². The number of anilines is 1. The van der Waals surface area contributed by atoms with Gasteiger partial charge in [0.05, 0.1) is 11.2 Å². The number of H-pyrrole nitrogens is 1. The van der Waals surface area contributed by atoms with Gasteiger partial charge in [-0.25, -0.2) is 4.68 Å². The van der Waals surface area contributed by atoms with E-state index in [2.05, 4.69) is 36.3 Å². The van der Waals surface area contributed by atoms with Gasteiger partial charge in [-0.3, -0.25) is 0 Å². The van der Waals surface area contributed by atoms with Gasteiger partial charge in [-0.05, 0) is 41.6 Å². The zero-order valence-electron chi connectivity index (χ0n) is 12.8. The summed E-state index contributed by atoms with van der Waals surface area (Å²) < 4.78 is 1.77. The number of nitrogens with one attached hydrogen (secondary N) is 2. The first kappa shape index (κ1) is 14.5. The van der Waals surface area contributed by atoms with Crippen molar-refractivity contribution in [2.24, 2.45) is 0 Å². The summed E-state index contributed by atoms with van der Waals surface area (Å²) in [6.45, 7) is 0. The highest BCUT2D eigenvalue weighted by molar-refractivity contribution is 5.76. The molecule has 2 aromatic carbocycles. The van der Waals surface area contributed by atoms with Crippen LogP contribution in [0.25, 0.3) is 22.3 Å². The molecule has 2 N–H and O–H groups in total. The Morgan fingerprint density at radius 2 is 1.96 bits per heavy atom. The van der Waals surface area contributed by atoms with Crippen molar-refractivity contribution in [2.75, 3.05) is 5.32 Å². The lowest BCUT2D eigenvalue weighted by atomic mass is 10.2. The summed E-state index contributed by atoms with van der Waals surface area (Å²) in [5.74, 6) is 0.237. The number of rotatable bonds is 4. The molecule has 25 heavy (non-hydrogen) atoms. The van der Waals surface area contributed by atoms with Crippen LogP contribution in [0.4, 0.5) is 5.69 Å². The summed E-state index contributed by atoms with van der Waals surface area (Å²) in [5, 5.41) is 33.8. The zero-order valence-corrected chi connectivity index (χ0v) is 12.8. The zero-order chi connectivity index (χ0) is 17.1. The fourth-order valence-electron chi connectivity index (χ4n) is 2.34. The Bertz CT molecular complexity index is 1070. The predicted octanol–water partition coefficient (Wildman–Crippen LogP) is 1.91. The Morgan fingerprint density at radius 1 is 1.12 bits per heavy atom. The SMILES string of the molecule is N#CC(=CNc1ccc(-n2nnc3ccccc32)cc1)c1nn[nH]n1. The van der Waals surface area contributed by atoms with Crippen LogP contribution < -0.4 is 5.32 Å². The van der Waals surface area contributed by atoms with E-state index in [4.69, 9.17) is 5.26 Å². The van der Waals surface area contributed by atoms with E-state index in [-0.39, 0.29) is 11.4 Å². The molecule has 0 bridgehead atoms. The fraction of sp³-hybridized carbons (Fsp3) is 0. The van der Waals surface area contributed by atoms with Crippen molar-refractivity contribution in [2.45, 2.75) is 0 Å². The topological polar surface area (TPSA) is 121 Å². The van der Waals surface area contributed by atoms with E-state index in [1.54, 1.807) is 4.68 Å². The predicted molar refractivity (Wildman–Crippen MR) is 90.3 cm³/mol. The Balaban J connectivity index is 1.57. The molecule has 0 aliphatic carbocycles. The van der Waals surface area contributed by atoms with E-state index in [1.807, 2.05) is 54.6 Å². The third-order valence-electron chi connectivity index (χ3n) is 3.55. The number of nitriles is 1. The molecule has 0 spiro atoms. The summed E-state index contributed by atoms with van der Waals surface area (Å²) in [6, 6.07) is 17.4. The quantitative estimate of drug-likeness (QED) is 0.548. The summed E-state index contributed by atoms with van der Waals surface area (Å²) in [7, 11) is 0. The maximum Gasteiger partial charge on any atom is 0.216 e. The van der Waals surface area contributed by atoms with E-state index in [1.165, 1.54) is 6.20 Å². The Labute approximate surface area is 141 Å². The molecule has 4 rings (SSSR count). The second-order valence-electron chi connectivity index (χ2n) is 5.09. The number of allylic oxidation sites excluding steroid dienone is 1. The van der Waals surface area contributed by atoms with E-state index < -0.39 is 0 Å². The van der Waals surface area contributed by atoms with Crippen LogP contribution in [-0.2, 0) is 0 Å². The van der Waals surface area contributed by atoms with Gasteiger partial charge in [0, 0.05) is 11.9 Å². The van der Waals surface area contributed by atoms with Crippen LogP contribution in [0.3, 0.4) is 0 Å². The van der Waals surface area contributed by atoms with Crippen LogP contribution in [-0.4, -0.2) is 35.6 Å². The van der Waals surface area contributed by atoms with E-state index in [0.29, 0.717) is 0 Å². The number of hydrogen-bond donors (Lipinski definition) is 2. The van der Waals surface area contributed by atoms with Crippen molar-refractivity contribution in [1.82, 2.24) is 35.6 Å². The molecule has 4 aromatic rings. The van der Waals surface area contributed by atoms with Gasteiger partial charge in [-0.2, -0.15) is 10.5 Å². The minimum atomic E-state index is 0.237. The number of aromatic amines is 1. The second kappa shape index (κ2) is 6.21. The number of aromatic nitrogens is 7. The van der Waals surface area contributed by atoms with Gasteiger partial charge in [0.1, 0.15) is 17.2 Å². The van der Waals surface area contributed by atoms with Crippen LogP contribution in [0, 0.1) is 11.3 Å². The molecule has 0 amide bonds. The summed E-state index contributed by atoms with van der Waals surface area (Å²) in [6.07, 6.45) is 1.53. The number of hydrogen-bond acceptors (Lipinski definition) is 7. The smallest absolute Gasteiger partial charge is 0.216 e. The number of para-hydroxylation sites is 1. The summed E-state index contributed by atoms with van der Waals surface area (Å²) in [5.41, 5.74) is 3.75. The van der Waals surface area contributed by atoms with E-state index >= 15 is 0 Å². The monoisotopic (exact) mass is 329 g/mol. The molecule has 0 fully saturated rings. The molecule has 120 valence electrons. The van der Waals surface area contributed by atoms with Crippen LogP contribution >= 0.6 is 0 Å². The first-order valence-electron chi connectivity index (χ1n) is 7.36. The number of tetrazole rings is 1. The molecular weight excluding hydrogens is 318 g/mol. The van der Waals surface area contributed by atoms with E-state index in [9.17, 15) is 0 Å². The molecule has 2 heterocycles. The average Bonchev–Trinajstić information content (AvgIpc) is 3.33. The molecule has 2 aromatic heterocycles. The molecule has 0 aliphatic heterocycles. The van der Waals surface area contributed by atoms with Gasteiger partial charge in [-0.15, -0.1) is 15.3 Å². The van der Waals surface area contributed by atoms with Crippen molar-refractivity contribution in [1.29, 1.82) is 5.26 Å². The highest BCUT2D eigenvalue weighted by Crippen LogP contribution is 2.18. The number of benzene rings is 2. The van der Waals surface area contributed by atoms with Crippen molar-refractivity contribution in [3.05, 3.63) is 60.6 Å². The summed E-state index contributed by atoms with van der Waals surface area (Å²) in [4.78, 5) is 0. The van der Waals surface area contributed by atoms with Crippen LogP contribution in [0.15, 0.2) is 54.7 Å². The lowest BCUT2D eigenvalue weighted by molar-refractivity contribution is 0.824. The normalized spacial score (nSPS) is 11.4. The largest absolute Gasteiger partial charge is 0.360 e. The lowest BCUT2D eigenvalue weighted by Gasteiger charge is -2.05. The van der Waals surface area contributed by atoms with Crippen LogP contribution in [0.1, 0.15) is 5.82 Å².